The summed E-state index contributed by atoms with van der Waals surface area (Å²) in [6, 6.07) is 11.6. The van der Waals surface area contributed by atoms with Crippen LogP contribution in [0.25, 0.3) is 22.8 Å². The molecule has 0 aliphatic carbocycles. The highest BCUT2D eigenvalue weighted by Gasteiger charge is 2.20. The monoisotopic (exact) mass is 404 g/mol. The van der Waals surface area contributed by atoms with Gasteiger partial charge < -0.3 is 15.0 Å². The van der Waals surface area contributed by atoms with Crippen molar-refractivity contribution in [2.75, 3.05) is 13.2 Å². The number of carbonyl (C=O) groups excluding carboxylic acids is 1. The molecule has 0 bridgehead atoms. The number of nitrogens with one attached hydrogen (secondary N) is 2. The number of carbonyl (C=O) groups is 1. The lowest BCUT2D eigenvalue weighted by atomic mass is 10.1. The molecule has 1 aromatic carbocycles. The number of aromatic amines is 1. The SMILES string of the molecule is CCCCCCCOc1ccc(-c2nccc(-c3cc4c([nH]3)CCNC4=O)n2)cc1. The normalized spacial score (nSPS) is 13.0. The highest BCUT2D eigenvalue weighted by Crippen LogP contribution is 2.25. The number of hydrogen-bond acceptors (Lipinski definition) is 4. The lowest BCUT2D eigenvalue weighted by molar-refractivity contribution is 0.0946. The summed E-state index contributed by atoms with van der Waals surface area (Å²) in [6.45, 7) is 3.63. The fourth-order valence-corrected chi connectivity index (χ4v) is 3.68. The molecule has 1 aliphatic heterocycles. The molecule has 3 heterocycles. The van der Waals surface area contributed by atoms with Crippen LogP contribution in [0, 0.1) is 0 Å². The van der Waals surface area contributed by atoms with Gasteiger partial charge in [0.05, 0.1) is 23.6 Å². The molecule has 0 saturated heterocycles. The summed E-state index contributed by atoms with van der Waals surface area (Å²) < 4.78 is 5.84. The second-order valence-electron chi connectivity index (χ2n) is 7.63. The molecule has 156 valence electrons. The van der Waals surface area contributed by atoms with Crippen LogP contribution in [-0.4, -0.2) is 34.0 Å². The first kappa shape index (κ1) is 20.1. The number of ether oxygens (including phenoxy) is 1. The predicted molar refractivity (Wildman–Crippen MR) is 118 cm³/mol. The van der Waals surface area contributed by atoms with Gasteiger partial charge in [-0.25, -0.2) is 9.97 Å². The van der Waals surface area contributed by atoms with Crippen molar-refractivity contribution in [3.05, 3.63) is 53.9 Å². The molecule has 1 aliphatic rings. The first-order chi connectivity index (χ1) is 14.7. The third-order valence-corrected chi connectivity index (χ3v) is 5.37. The van der Waals surface area contributed by atoms with Crippen molar-refractivity contribution in [2.45, 2.75) is 45.4 Å². The van der Waals surface area contributed by atoms with Gasteiger partial charge in [-0.2, -0.15) is 0 Å². The second kappa shape index (κ2) is 9.57. The van der Waals surface area contributed by atoms with Gasteiger partial charge in [-0.1, -0.05) is 32.6 Å². The van der Waals surface area contributed by atoms with Crippen molar-refractivity contribution < 1.29 is 9.53 Å². The van der Waals surface area contributed by atoms with Crippen LogP contribution < -0.4 is 10.1 Å². The minimum atomic E-state index is -0.0334. The van der Waals surface area contributed by atoms with E-state index in [0.717, 1.165) is 47.8 Å². The molecular weight excluding hydrogens is 376 g/mol. The lowest BCUT2D eigenvalue weighted by Crippen LogP contribution is -2.31. The van der Waals surface area contributed by atoms with E-state index in [1.807, 2.05) is 36.4 Å². The molecule has 2 N–H and O–H groups in total. The van der Waals surface area contributed by atoms with Crippen molar-refractivity contribution in [2.24, 2.45) is 0 Å². The summed E-state index contributed by atoms with van der Waals surface area (Å²) in [4.78, 5) is 24.5. The Kier molecular flexibility index (Phi) is 6.42. The van der Waals surface area contributed by atoms with Gasteiger partial charge in [-0.3, -0.25) is 4.79 Å². The number of hydrogen-bond donors (Lipinski definition) is 2. The molecule has 1 amide bonds. The Balaban J connectivity index is 1.42. The van der Waals surface area contributed by atoms with Crippen LogP contribution >= 0.6 is 0 Å². The minimum absolute atomic E-state index is 0.0334. The van der Waals surface area contributed by atoms with E-state index in [4.69, 9.17) is 9.72 Å². The topological polar surface area (TPSA) is 79.9 Å². The Bertz CT molecular complexity index is 995. The van der Waals surface area contributed by atoms with E-state index >= 15 is 0 Å². The smallest absolute Gasteiger partial charge is 0.253 e. The van der Waals surface area contributed by atoms with E-state index in [1.165, 1.54) is 25.7 Å². The average molecular weight is 405 g/mol. The molecule has 6 heteroatoms. The van der Waals surface area contributed by atoms with Crippen molar-refractivity contribution in [3.8, 4) is 28.5 Å². The van der Waals surface area contributed by atoms with Gasteiger partial charge in [-0.05, 0) is 42.8 Å². The zero-order chi connectivity index (χ0) is 20.8. The Hall–Kier alpha value is -3.15. The number of unbranched alkanes of at least 4 members (excludes halogenated alkanes) is 4. The van der Waals surface area contributed by atoms with Crippen LogP contribution in [0.3, 0.4) is 0 Å². The number of H-pyrrole nitrogens is 1. The van der Waals surface area contributed by atoms with Gasteiger partial charge in [0.2, 0.25) is 0 Å². The average Bonchev–Trinajstić information content (AvgIpc) is 3.23. The highest BCUT2D eigenvalue weighted by atomic mass is 16.5. The number of aromatic nitrogens is 3. The molecule has 0 radical (unpaired) electrons. The van der Waals surface area contributed by atoms with Crippen molar-refractivity contribution in [1.82, 2.24) is 20.3 Å². The van der Waals surface area contributed by atoms with Crippen LogP contribution in [0.15, 0.2) is 42.6 Å². The molecule has 4 rings (SSSR count). The number of amides is 1. The summed E-state index contributed by atoms with van der Waals surface area (Å²) in [5.74, 6) is 1.48. The maximum Gasteiger partial charge on any atom is 0.253 e. The van der Waals surface area contributed by atoms with Crippen LogP contribution in [-0.2, 0) is 6.42 Å². The molecule has 30 heavy (non-hydrogen) atoms. The highest BCUT2D eigenvalue weighted by molar-refractivity contribution is 5.97. The Labute approximate surface area is 177 Å². The number of fused-ring (bicyclic) bond motifs is 1. The first-order valence-corrected chi connectivity index (χ1v) is 10.8. The van der Waals surface area contributed by atoms with E-state index in [0.29, 0.717) is 17.9 Å². The van der Waals surface area contributed by atoms with Crippen LogP contribution in [0.5, 0.6) is 5.75 Å². The quantitative estimate of drug-likeness (QED) is 0.503. The van der Waals surface area contributed by atoms with Gasteiger partial charge in [-0.15, -0.1) is 0 Å². The second-order valence-corrected chi connectivity index (χ2v) is 7.63. The lowest BCUT2D eigenvalue weighted by Gasteiger charge is -2.10. The van der Waals surface area contributed by atoms with Crippen molar-refractivity contribution in [1.29, 1.82) is 0 Å². The van der Waals surface area contributed by atoms with Crippen LogP contribution in [0.4, 0.5) is 0 Å². The third-order valence-electron chi connectivity index (χ3n) is 5.37. The van der Waals surface area contributed by atoms with E-state index in [1.54, 1.807) is 6.20 Å². The van der Waals surface area contributed by atoms with E-state index < -0.39 is 0 Å². The Morgan fingerprint density at radius 1 is 1.07 bits per heavy atom. The summed E-state index contributed by atoms with van der Waals surface area (Å²) >= 11 is 0. The first-order valence-electron chi connectivity index (χ1n) is 10.8. The summed E-state index contributed by atoms with van der Waals surface area (Å²) in [6.07, 6.45) is 8.69. The summed E-state index contributed by atoms with van der Waals surface area (Å²) in [5, 5.41) is 2.87. The molecule has 0 atom stereocenters. The number of rotatable bonds is 9. The van der Waals surface area contributed by atoms with Gasteiger partial charge in [0.15, 0.2) is 5.82 Å². The summed E-state index contributed by atoms with van der Waals surface area (Å²) in [5.41, 5.74) is 4.21. The number of benzene rings is 1. The Morgan fingerprint density at radius 3 is 2.70 bits per heavy atom. The zero-order valence-corrected chi connectivity index (χ0v) is 17.4. The zero-order valence-electron chi connectivity index (χ0n) is 17.4. The molecule has 0 unspecified atom stereocenters. The van der Waals surface area contributed by atoms with E-state index in [-0.39, 0.29) is 5.91 Å². The largest absolute Gasteiger partial charge is 0.494 e. The maximum atomic E-state index is 12.0. The fraction of sp³-hybridized carbons (Fsp3) is 0.375. The maximum absolute atomic E-state index is 12.0. The van der Waals surface area contributed by atoms with Gasteiger partial charge >= 0.3 is 0 Å². The molecule has 0 fully saturated rings. The third kappa shape index (κ3) is 4.70. The van der Waals surface area contributed by atoms with Crippen LogP contribution in [0.2, 0.25) is 0 Å². The number of nitrogens with zero attached hydrogens (tertiary/aromatic N) is 2. The van der Waals surface area contributed by atoms with E-state index in [9.17, 15) is 4.79 Å². The molecule has 3 aromatic rings. The van der Waals surface area contributed by atoms with Gasteiger partial charge in [0.25, 0.3) is 5.91 Å². The molecule has 2 aromatic heterocycles. The standard InChI is InChI=1S/C24H28N4O2/c1-2-3-4-5-6-15-30-18-9-7-17(8-10-18)23-25-13-12-21(28-23)22-16-19-20(27-22)11-14-26-24(19)29/h7-10,12-13,16,27H,2-6,11,14-15H2,1H3,(H,26,29). The van der Waals surface area contributed by atoms with Gasteiger partial charge in [0.1, 0.15) is 5.75 Å². The van der Waals surface area contributed by atoms with Crippen molar-refractivity contribution in [3.63, 3.8) is 0 Å². The van der Waals surface area contributed by atoms with Gasteiger partial charge in [0, 0.05) is 30.4 Å². The van der Waals surface area contributed by atoms with Crippen molar-refractivity contribution >= 4 is 5.91 Å². The minimum Gasteiger partial charge on any atom is -0.494 e. The molecule has 0 saturated carbocycles. The van der Waals surface area contributed by atoms with E-state index in [2.05, 4.69) is 22.2 Å². The Morgan fingerprint density at radius 2 is 1.90 bits per heavy atom. The summed E-state index contributed by atoms with van der Waals surface area (Å²) in [7, 11) is 0. The molecule has 6 nitrogen and oxygen atoms in total. The molecular formula is C24H28N4O2. The fourth-order valence-electron chi connectivity index (χ4n) is 3.68. The predicted octanol–water partition coefficient (Wildman–Crippen LogP) is 4.77. The molecule has 0 spiro atoms. The van der Waals surface area contributed by atoms with Crippen LogP contribution in [0.1, 0.15) is 55.1 Å².